The van der Waals surface area contributed by atoms with Gasteiger partial charge in [-0.15, -0.1) is 0 Å². The van der Waals surface area contributed by atoms with E-state index in [1.165, 1.54) is 4.90 Å². The monoisotopic (exact) mass is 488 g/mol. The minimum atomic E-state index is -0.700. The molecule has 0 aromatic heterocycles. The Labute approximate surface area is 197 Å². The van der Waals surface area contributed by atoms with Gasteiger partial charge in [0, 0.05) is 33.2 Å². The van der Waals surface area contributed by atoms with Gasteiger partial charge in [-0.25, -0.2) is 0 Å². The van der Waals surface area contributed by atoms with Crippen LogP contribution in [0.4, 0.5) is 0 Å². The number of rotatable bonds is 8. The molecule has 0 aliphatic rings. The van der Waals surface area contributed by atoms with Crippen molar-refractivity contribution in [3.8, 4) is 0 Å². The third kappa shape index (κ3) is 7.05. The van der Waals surface area contributed by atoms with E-state index in [1.54, 1.807) is 43.3 Å². The molecule has 2 amide bonds. The van der Waals surface area contributed by atoms with Gasteiger partial charge in [-0.1, -0.05) is 72.4 Å². The standard InChI is InChI=1S/C22H24Cl4N2O2/c1-13(2)11-27-22(30)14(3)28(12-16-5-7-18(24)10-20(16)26)21(29)8-15-4-6-17(23)9-19(15)25/h4-7,9-10,13-14H,8,11-12H2,1-3H3,(H,27,30)/t14-/m1/s1. The first-order chi connectivity index (χ1) is 14.1. The second kappa shape index (κ2) is 11.2. The summed E-state index contributed by atoms with van der Waals surface area (Å²) in [6.07, 6.45) is 0.0308. The van der Waals surface area contributed by atoms with Gasteiger partial charge >= 0.3 is 0 Å². The molecule has 0 aliphatic heterocycles. The van der Waals surface area contributed by atoms with Gasteiger partial charge in [0.15, 0.2) is 0 Å². The van der Waals surface area contributed by atoms with Crippen molar-refractivity contribution in [3.63, 3.8) is 0 Å². The van der Waals surface area contributed by atoms with Gasteiger partial charge in [-0.05, 0) is 48.2 Å². The van der Waals surface area contributed by atoms with E-state index in [-0.39, 0.29) is 24.8 Å². The van der Waals surface area contributed by atoms with Gasteiger partial charge in [-0.2, -0.15) is 0 Å². The Morgan fingerprint density at radius 3 is 1.93 bits per heavy atom. The van der Waals surface area contributed by atoms with Crippen molar-refractivity contribution >= 4 is 58.2 Å². The van der Waals surface area contributed by atoms with Crippen LogP contribution in [-0.2, 0) is 22.6 Å². The number of amides is 2. The van der Waals surface area contributed by atoms with Crippen LogP contribution in [0.25, 0.3) is 0 Å². The van der Waals surface area contributed by atoms with Gasteiger partial charge < -0.3 is 10.2 Å². The average molecular weight is 490 g/mol. The number of hydrogen-bond donors (Lipinski definition) is 1. The summed E-state index contributed by atoms with van der Waals surface area (Å²) in [6, 6.07) is 9.33. The van der Waals surface area contributed by atoms with E-state index in [0.717, 1.165) is 0 Å². The molecule has 0 bridgehead atoms. The minimum Gasteiger partial charge on any atom is -0.354 e. The molecule has 1 N–H and O–H groups in total. The lowest BCUT2D eigenvalue weighted by molar-refractivity contribution is -0.140. The summed E-state index contributed by atoms with van der Waals surface area (Å²) in [5.41, 5.74) is 1.33. The highest BCUT2D eigenvalue weighted by molar-refractivity contribution is 6.35. The number of halogens is 4. The number of benzene rings is 2. The molecular formula is C22H24Cl4N2O2. The summed E-state index contributed by atoms with van der Waals surface area (Å²) in [7, 11) is 0. The van der Waals surface area contributed by atoms with E-state index in [4.69, 9.17) is 46.4 Å². The van der Waals surface area contributed by atoms with Crippen LogP contribution in [0.15, 0.2) is 36.4 Å². The van der Waals surface area contributed by atoms with Crippen molar-refractivity contribution in [1.29, 1.82) is 0 Å². The Hall–Kier alpha value is -1.46. The fourth-order valence-corrected chi connectivity index (χ4v) is 3.74. The Morgan fingerprint density at radius 1 is 0.900 bits per heavy atom. The Balaban J connectivity index is 2.28. The van der Waals surface area contributed by atoms with Gasteiger partial charge in [0.2, 0.25) is 11.8 Å². The van der Waals surface area contributed by atoms with E-state index in [0.29, 0.717) is 43.7 Å². The predicted octanol–water partition coefficient (Wildman–Crippen LogP) is 6.03. The maximum atomic E-state index is 13.2. The van der Waals surface area contributed by atoms with Crippen molar-refractivity contribution in [3.05, 3.63) is 67.6 Å². The van der Waals surface area contributed by atoms with Crippen LogP contribution in [0.3, 0.4) is 0 Å². The lowest BCUT2D eigenvalue weighted by atomic mass is 10.1. The van der Waals surface area contributed by atoms with Crippen LogP contribution in [0, 0.1) is 5.92 Å². The molecule has 2 aromatic carbocycles. The van der Waals surface area contributed by atoms with Crippen LogP contribution in [0.5, 0.6) is 0 Å². The Morgan fingerprint density at radius 2 is 1.43 bits per heavy atom. The summed E-state index contributed by atoms with van der Waals surface area (Å²) >= 11 is 24.5. The first-order valence-electron chi connectivity index (χ1n) is 9.53. The quantitative estimate of drug-likeness (QED) is 0.491. The van der Waals surface area contributed by atoms with Crippen LogP contribution >= 0.6 is 46.4 Å². The SMILES string of the molecule is CC(C)CNC(=O)[C@@H](C)N(Cc1ccc(Cl)cc1Cl)C(=O)Cc1ccc(Cl)cc1Cl. The van der Waals surface area contributed by atoms with Gasteiger partial charge in [-0.3, -0.25) is 9.59 Å². The first kappa shape index (κ1) is 24.8. The van der Waals surface area contributed by atoms with Crippen LogP contribution in [0.1, 0.15) is 31.9 Å². The van der Waals surface area contributed by atoms with E-state index < -0.39 is 6.04 Å². The molecule has 1 atom stereocenters. The lowest BCUT2D eigenvalue weighted by Gasteiger charge is -2.29. The second-order valence-corrected chi connectivity index (χ2v) is 9.17. The summed E-state index contributed by atoms with van der Waals surface area (Å²) in [6.45, 7) is 6.39. The Kier molecular flexibility index (Phi) is 9.30. The largest absolute Gasteiger partial charge is 0.354 e. The molecule has 0 fully saturated rings. The van der Waals surface area contributed by atoms with Crippen molar-refractivity contribution in [1.82, 2.24) is 10.2 Å². The normalized spacial score (nSPS) is 12.0. The topological polar surface area (TPSA) is 49.4 Å². The van der Waals surface area contributed by atoms with Crippen LogP contribution in [-0.4, -0.2) is 29.3 Å². The molecule has 0 saturated heterocycles. The smallest absolute Gasteiger partial charge is 0.242 e. The molecule has 0 aliphatic carbocycles. The van der Waals surface area contributed by atoms with Crippen LogP contribution in [0.2, 0.25) is 20.1 Å². The highest BCUT2D eigenvalue weighted by Gasteiger charge is 2.27. The highest BCUT2D eigenvalue weighted by atomic mass is 35.5. The van der Waals surface area contributed by atoms with Gasteiger partial charge in [0.1, 0.15) is 6.04 Å². The van der Waals surface area contributed by atoms with Crippen molar-refractivity contribution in [2.75, 3.05) is 6.54 Å². The van der Waals surface area contributed by atoms with Crippen molar-refractivity contribution < 1.29 is 9.59 Å². The van der Waals surface area contributed by atoms with E-state index in [1.807, 2.05) is 13.8 Å². The summed E-state index contributed by atoms with van der Waals surface area (Å²) in [5, 5.41) is 4.70. The first-order valence-corrected chi connectivity index (χ1v) is 11.0. The fraction of sp³-hybridized carbons (Fsp3) is 0.364. The zero-order valence-electron chi connectivity index (χ0n) is 17.0. The highest BCUT2D eigenvalue weighted by Crippen LogP contribution is 2.25. The second-order valence-electron chi connectivity index (χ2n) is 7.48. The van der Waals surface area contributed by atoms with Crippen LogP contribution < -0.4 is 5.32 Å². The summed E-state index contributed by atoms with van der Waals surface area (Å²) < 4.78 is 0. The zero-order valence-corrected chi connectivity index (χ0v) is 20.0. The molecule has 0 spiro atoms. The lowest BCUT2D eigenvalue weighted by Crippen LogP contribution is -2.48. The molecule has 0 radical (unpaired) electrons. The molecule has 4 nitrogen and oxygen atoms in total. The number of hydrogen-bond acceptors (Lipinski definition) is 2. The molecule has 30 heavy (non-hydrogen) atoms. The van der Waals surface area contributed by atoms with E-state index in [9.17, 15) is 9.59 Å². The molecular weight excluding hydrogens is 466 g/mol. The third-order valence-electron chi connectivity index (χ3n) is 4.56. The Bertz CT molecular complexity index is 918. The van der Waals surface area contributed by atoms with Crippen molar-refractivity contribution in [2.24, 2.45) is 5.92 Å². The predicted molar refractivity (Wildman–Crippen MR) is 124 cm³/mol. The zero-order chi connectivity index (χ0) is 22.4. The van der Waals surface area contributed by atoms with E-state index >= 15 is 0 Å². The molecule has 2 aromatic rings. The van der Waals surface area contributed by atoms with Gasteiger partial charge in [0.05, 0.1) is 6.42 Å². The molecule has 0 heterocycles. The molecule has 0 saturated carbocycles. The fourth-order valence-electron chi connectivity index (χ4n) is 2.80. The number of carbonyl (C=O) groups excluding carboxylic acids is 2. The summed E-state index contributed by atoms with van der Waals surface area (Å²) in [5.74, 6) is -0.189. The number of carbonyl (C=O) groups is 2. The van der Waals surface area contributed by atoms with Crippen molar-refractivity contribution in [2.45, 2.75) is 39.8 Å². The van der Waals surface area contributed by atoms with Gasteiger partial charge in [0.25, 0.3) is 0 Å². The molecule has 2 rings (SSSR count). The summed E-state index contributed by atoms with van der Waals surface area (Å²) in [4.78, 5) is 27.4. The minimum absolute atomic E-state index is 0.0308. The third-order valence-corrected chi connectivity index (χ3v) is 5.74. The number of nitrogens with one attached hydrogen (secondary N) is 1. The molecule has 0 unspecified atom stereocenters. The molecule has 8 heteroatoms. The maximum Gasteiger partial charge on any atom is 0.242 e. The number of nitrogens with zero attached hydrogens (tertiary/aromatic N) is 1. The maximum absolute atomic E-state index is 13.2. The van der Waals surface area contributed by atoms with E-state index in [2.05, 4.69) is 5.32 Å². The average Bonchev–Trinajstić information content (AvgIpc) is 2.67. The molecule has 162 valence electrons.